The lowest BCUT2D eigenvalue weighted by Crippen LogP contribution is -2.16. The molecule has 2 aromatic rings. The number of imidazole rings is 1. The first-order valence-electron chi connectivity index (χ1n) is 5.42. The van der Waals surface area contributed by atoms with E-state index in [4.69, 9.17) is 0 Å². The molecule has 0 aliphatic carbocycles. The summed E-state index contributed by atoms with van der Waals surface area (Å²) in [7, 11) is 0. The van der Waals surface area contributed by atoms with Gasteiger partial charge in [-0.1, -0.05) is 6.07 Å². The number of hydrogen-bond donors (Lipinski definition) is 0. The van der Waals surface area contributed by atoms with Crippen molar-refractivity contribution >= 4 is 6.29 Å². The van der Waals surface area contributed by atoms with Gasteiger partial charge in [0.1, 0.15) is 5.69 Å². The number of hydrogen-bond acceptors (Lipinski definition) is 2. The fraction of sp³-hybridized carbons (Fsp3) is 0.167. The molecule has 3 nitrogen and oxygen atoms in total. The normalized spacial score (nSPS) is 12.5. The second kappa shape index (κ2) is 4.90. The fourth-order valence-corrected chi connectivity index (χ4v) is 1.74. The van der Waals surface area contributed by atoms with Crippen molar-refractivity contribution in [2.75, 3.05) is 0 Å². The van der Waals surface area contributed by atoms with Crippen molar-refractivity contribution in [1.29, 1.82) is 0 Å². The lowest BCUT2D eigenvalue weighted by atomic mass is 10.2. The number of aldehydes is 1. The van der Waals surface area contributed by atoms with E-state index in [1.165, 1.54) is 0 Å². The summed E-state index contributed by atoms with van der Waals surface area (Å²) in [6, 6.07) is 3.21. The quantitative estimate of drug-likeness (QED) is 0.626. The number of aromatic nitrogens is 2. The molecule has 0 amide bonds. The summed E-state index contributed by atoms with van der Waals surface area (Å²) >= 11 is 0. The van der Waals surface area contributed by atoms with Crippen molar-refractivity contribution < 1.29 is 31.1 Å². The monoisotopic (exact) mass is 308 g/mol. The van der Waals surface area contributed by atoms with E-state index in [9.17, 15) is 31.1 Å². The van der Waals surface area contributed by atoms with E-state index in [-0.39, 0.29) is 6.29 Å². The maximum Gasteiger partial charge on any atom is 0.450 e. The van der Waals surface area contributed by atoms with Gasteiger partial charge in [-0.25, -0.2) is 4.98 Å². The molecule has 0 spiro atoms. The summed E-state index contributed by atoms with van der Waals surface area (Å²) in [5.41, 5.74) is -2.07. The van der Waals surface area contributed by atoms with Crippen LogP contribution in [0.15, 0.2) is 30.5 Å². The van der Waals surface area contributed by atoms with Crippen LogP contribution in [-0.2, 0) is 12.4 Å². The predicted octanol–water partition coefficient (Wildman–Crippen LogP) is 3.72. The summed E-state index contributed by atoms with van der Waals surface area (Å²) in [4.78, 5) is 13.8. The molecular weight excluding hydrogens is 302 g/mol. The smallest absolute Gasteiger partial charge is 0.296 e. The Morgan fingerprint density at radius 3 is 2.24 bits per heavy atom. The average Bonchev–Trinajstić information content (AvgIpc) is 2.81. The molecule has 0 aliphatic heterocycles. The minimum atomic E-state index is -4.91. The van der Waals surface area contributed by atoms with Gasteiger partial charge in [-0.2, -0.15) is 26.3 Å². The molecule has 112 valence electrons. The third kappa shape index (κ3) is 2.91. The third-order valence-corrected chi connectivity index (χ3v) is 2.60. The van der Waals surface area contributed by atoms with E-state index >= 15 is 0 Å². The third-order valence-electron chi connectivity index (χ3n) is 2.60. The minimum absolute atomic E-state index is 0.0858. The van der Waals surface area contributed by atoms with E-state index in [0.717, 1.165) is 12.1 Å². The van der Waals surface area contributed by atoms with Crippen LogP contribution in [-0.4, -0.2) is 15.8 Å². The van der Waals surface area contributed by atoms with Gasteiger partial charge in [-0.05, 0) is 18.2 Å². The minimum Gasteiger partial charge on any atom is -0.296 e. The zero-order valence-corrected chi connectivity index (χ0v) is 10.0. The standard InChI is InChI=1S/C12H6F6N2O/c13-11(14,15)7-2-1-3-8(4-7)20-9(6-21)5-19-10(20)12(16,17)18/h1-6H. The first kappa shape index (κ1) is 15.1. The Balaban J connectivity index is 2.67. The molecule has 1 aromatic carbocycles. The maximum absolute atomic E-state index is 12.8. The number of halogens is 6. The molecule has 0 aliphatic rings. The van der Waals surface area contributed by atoms with Gasteiger partial charge in [0.25, 0.3) is 0 Å². The fourth-order valence-electron chi connectivity index (χ4n) is 1.74. The van der Waals surface area contributed by atoms with Crippen LogP contribution in [0, 0.1) is 0 Å². The summed E-state index contributed by atoms with van der Waals surface area (Å²) in [6.07, 6.45) is -8.88. The van der Waals surface area contributed by atoms with E-state index in [1.54, 1.807) is 0 Å². The van der Waals surface area contributed by atoms with Crippen LogP contribution in [0.4, 0.5) is 26.3 Å². The van der Waals surface area contributed by atoms with Crippen LogP contribution >= 0.6 is 0 Å². The highest BCUT2D eigenvalue weighted by Gasteiger charge is 2.38. The van der Waals surface area contributed by atoms with E-state index in [0.29, 0.717) is 22.9 Å². The molecule has 0 unspecified atom stereocenters. The number of carbonyl (C=O) groups is 1. The van der Waals surface area contributed by atoms with Crippen molar-refractivity contribution in [3.05, 3.63) is 47.5 Å². The second-order valence-electron chi connectivity index (χ2n) is 4.01. The molecule has 0 fully saturated rings. The molecule has 0 atom stereocenters. The van der Waals surface area contributed by atoms with Crippen LogP contribution in [0.2, 0.25) is 0 Å². The number of carbonyl (C=O) groups excluding carboxylic acids is 1. The van der Waals surface area contributed by atoms with E-state index in [1.807, 2.05) is 0 Å². The van der Waals surface area contributed by atoms with Gasteiger partial charge in [0, 0.05) is 5.69 Å². The summed E-state index contributed by atoms with van der Waals surface area (Å²) in [5.74, 6) is -1.47. The molecule has 1 heterocycles. The molecule has 9 heteroatoms. The summed E-state index contributed by atoms with van der Waals surface area (Å²) in [5, 5.41) is 0. The highest BCUT2D eigenvalue weighted by molar-refractivity contribution is 5.73. The maximum atomic E-state index is 12.8. The van der Waals surface area contributed by atoms with Crippen molar-refractivity contribution in [2.24, 2.45) is 0 Å². The van der Waals surface area contributed by atoms with Gasteiger partial charge in [-0.3, -0.25) is 9.36 Å². The van der Waals surface area contributed by atoms with E-state index < -0.39 is 35.1 Å². The van der Waals surface area contributed by atoms with Crippen molar-refractivity contribution in [3.8, 4) is 5.69 Å². The molecule has 0 bridgehead atoms. The number of rotatable bonds is 2. The van der Waals surface area contributed by atoms with Gasteiger partial charge >= 0.3 is 12.4 Å². The zero-order valence-electron chi connectivity index (χ0n) is 10.0. The predicted molar refractivity (Wildman–Crippen MR) is 59.0 cm³/mol. The van der Waals surface area contributed by atoms with Gasteiger partial charge in [-0.15, -0.1) is 0 Å². The summed E-state index contributed by atoms with van der Waals surface area (Å²) in [6.45, 7) is 0. The molecular formula is C12H6F6N2O. The molecule has 0 saturated carbocycles. The first-order chi connectivity index (χ1) is 9.64. The summed E-state index contributed by atoms with van der Waals surface area (Å²) < 4.78 is 76.6. The Hall–Kier alpha value is -2.32. The molecule has 0 saturated heterocycles. The molecule has 2 rings (SSSR count). The topological polar surface area (TPSA) is 34.9 Å². The largest absolute Gasteiger partial charge is 0.450 e. The average molecular weight is 308 g/mol. The van der Waals surface area contributed by atoms with Crippen molar-refractivity contribution in [2.45, 2.75) is 12.4 Å². The Bertz CT molecular complexity index is 671. The first-order valence-corrected chi connectivity index (χ1v) is 5.42. The van der Waals surface area contributed by atoms with Crippen molar-refractivity contribution in [3.63, 3.8) is 0 Å². The lowest BCUT2D eigenvalue weighted by Gasteiger charge is -2.14. The SMILES string of the molecule is O=Cc1cnc(C(F)(F)F)n1-c1cccc(C(F)(F)F)c1. The van der Waals surface area contributed by atoms with E-state index in [2.05, 4.69) is 4.98 Å². The Labute approximate surface area is 113 Å². The van der Waals surface area contributed by atoms with Crippen LogP contribution in [0.25, 0.3) is 5.69 Å². The number of nitrogens with zero attached hydrogens (tertiary/aromatic N) is 2. The highest BCUT2D eigenvalue weighted by atomic mass is 19.4. The van der Waals surface area contributed by atoms with Gasteiger partial charge in [0.05, 0.1) is 11.8 Å². The number of alkyl halides is 6. The van der Waals surface area contributed by atoms with Gasteiger partial charge in [0.2, 0.25) is 5.82 Å². The Morgan fingerprint density at radius 2 is 1.71 bits per heavy atom. The van der Waals surface area contributed by atoms with Gasteiger partial charge in [0.15, 0.2) is 6.29 Å². The Kier molecular flexibility index (Phi) is 3.52. The van der Waals surface area contributed by atoms with Crippen molar-refractivity contribution in [1.82, 2.24) is 9.55 Å². The second-order valence-corrected chi connectivity index (χ2v) is 4.01. The highest BCUT2D eigenvalue weighted by Crippen LogP contribution is 2.33. The van der Waals surface area contributed by atoms with Crippen LogP contribution in [0.3, 0.4) is 0 Å². The Morgan fingerprint density at radius 1 is 1.05 bits per heavy atom. The molecule has 0 N–H and O–H groups in total. The van der Waals surface area contributed by atoms with Crippen LogP contribution in [0.5, 0.6) is 0 Å². The molecule has 1 aromatic heterocycles. The van der Waals surface area contributed by atoms with Crippen LogP contribution in [0.1, 0.15) is 21.9 Å². The zero-order chi connectivity index (χ0) is 15.8. The van der Waals surface area contributed by atoms with Crippen LogP contribution < -0.4 is 0 Å². The number of benzene rings is 1. The molecule has 21 heavy (non-hydrogen) atoms. The molecule has 0 radical (unpaired) electrons. The van der Waals surface area contributed by atoms with Gasteiger partial charge < -0.3 is 0 Å². The lowest BCUT2D eigenvalue weighted by molar-refractivity contribution is -0.145.